The molecule has 0 aliphatic carbocycles. The zero-order valence-corrected chi connectivity index (χ0v) is 11.0. The lowest BCUT2D eigenvalue weighted by Crippen LogP contribution is -1.98. The molecule has 0 aliphatic heterocycles. The fraction of sp³-hybridized carbons (Fsp3) is 0.200. The Labute approximate surface area is 112 Å². The number of benzene rings is 1. The molecule has 4 nitrogen and oxygen atoms in total. The number of aromatic nitrogens is 2. The Morgan fingerprint density at radius 1 is 1.47 bits per heavy atom. The van der Waals surface area contributed by atoms with Gasteiger partial charge in [-0.15, -0.1) is 0 Å². The molecule has 1 aromatic heterocycles. The molecule has 1 N–H and O–H groups in total. The van der Waals surface area contributed by atoms with Crippen molar-refractivity contribution in [3.63, 3.8) is 0 Å². The molecule has 0 saturated carbocycles. The van der Waals surface area contributed by atoms with E-state index in [1.807, 2.05) is 18.5 Å². The number of phenolic OH excluding ortho intramolecular Hbond substituents is 1. The minimum Gasteiger partial charge on any atom is -0.508 e. The third-order valence-electron chi connectivity index (χ3n) is 2.99. The summed E-state index contributed by atoms with van der Waals surface area (Å²) in [6.07, 6.45) is 4.99. The van der Waals surface area contributed by atoms with Crippen LogP contribution < -0.4 is 0 Å². The molecular formula is C15H16N2O2. The van der Waals surface area contributed by atoms with E-state index in [4.69, 9.17) is 0 Å². The summed E-state index contributed by atoms with van der Waals surface area (Å²) in [5.41, 5.74) is 2.43. The second kappa shape index (κ2) is 5.52. The van der Waals surface area contributed by atoms with Crippen LogP contribution in [0.15, 0.2) is 36.5 Å². The molecule has 98 valence electrons. The molecule has 0 amide bonds. The van der Waals surface area contributed by atoms with Gasteiger partial charge in [-0.05, 0) is 38.1 Å². The number of ketones is 1. The molecule has 1 aromatic carbocycles. The van der Waals surface area contributed by atoms with Crippen LogP contribution >= 0.6 is 0 Å². The highest BCUT2D eigenvalue weighted by Gasteiger charge is 2.05. The van der Waals surface area contributed by atoms with Gasteiger partial charge in [-0.25, -0.2) is 0 Å². The lowest BCUT2D eigenvalue weighted by atomic mass is 10.1. The fourth-order valence-corrected chi connectivity index (χ4v) is 1.86. The number of carbonyl (C=O) groups excluding carboxylic acids is 1. The maximum Gasteiger partial charge on any atom is 0.185 e. The first-order valence-corrected chi connectivity index (χ1v) is 6.15. The highest BCUT2D eigenvalue weighted by atomic mass is 16.3. The summed E-state index contributed by atoms with van der Waals surface area (Å²) >= 11 is 0. The van der Waals surface area contributed by atoms with E-state index < -0.39 is 0 Å². The number of rotatable bonds is 4. The van der Waals surface area contributed by atoms with E-state index in [1.54, 1.807) is 24.4 Å². The second-order valence-electron chi connectivity index (χ2n) is 4.25. The minimum atomic E-state index is -0.139. The van der Waals surface area contributed by atoms with Crippen molar-refractivity contribution in [3.8, 4) is 5.75 Å². The molecule has 0 spiro atoms. The summed E-state index contributed by atoms with van der Waals surface area (Å²) in [6.45, 7) is 4.79. The number of aromatic hydroxyl groups is 1. The van der Waals surface area contributed by atoms with Crippen LogP contribution in [0.5, 0.6) is 5.75 Å². The Hall–Kier alpha value is -2.36. The summed E-state index contributed by atoms with van der Waals surface area (Å²) in [4.78, 5) is 11.9. The monoisotopic (exact) mass is 256 g/mol. The average Bonchev–Trinajstić information content (AvgIpc) is 2.76. The normalized spacial score (nSPS) is 11.1. The van der Waals surface area contributed by atoms with Crippen LogP contribution in [-0.2, 0) is 6.54 Å². The Morgan fingerprint density at radius 2 is 2.26 bits per heavy atom. The zero-order valence-electron chi connectivity index (χ0n) is 11.0. The Balaban J connectivity index is 2.18. The molecule has 0 radical (unpaired) electrons. The van der Waals surface area contributed by atoms with Crippen molar-refractivity contribution < 1.29 is 9.90 Å². The molecule has 2 rings (SSSR count). The van der Waals surface area contributed by atoms with E-state index in [1.165, 1.54) is 18.2 Å². The van der Waals surface area contributed by atoms with Gasteiger partial charge in [-0.3, -0.25) is 9.48 Å². The lowest BCUT2D eigenvalue weighted by Gasteiger charge is -1.99. The number of allylic oxidation sites excluding steroid dienone is 1. The summed E-state index contributed by atoms with van der Waals surface area (Å²) < 4.78 is 1.87. The van der Waals surface area contributed by atoms with Gasteiger partial charge in [0.25, 0.3) is 0 Å². The summed E-state index contributed by atoms with van der Waals surface area (Å²) in [6, 6.07) is 6.32. The molecule has 4 heteroatoms. The Bertz CT molecular complexity index is 627. The maximum absolute atomic E-state index is 11.9. The van der Waals surface area contributed by atoms with E-state index >= 15 is 0 Å². The molecule has 19 heavy (non-hydrogen) atoms. The van der Waals surface area contributed by atoms with E-state index in [0.717, 1.165) is 17.8 Å². The van der Waals surface area contributed by atoms with Crippen LogP contribution in [0.2, 0.25) is 0 Å². The predicted octanol–water partition coefficient (Wildman–Crippen LogP) is 2.81. The highest BCUT2D eigenvalue weighted by molar-refractivity contribution is 6.07. The van der Waals surface area contributed by atoms with E-state index in [-0.39, 0.29) is 11.5 Å². The maximum atomic E-state index is 11.9. The second-order valence-corrected chi connectivity index (χ2v) is 4.25. The highest BCUT2D eigenvalue weighted by Crippen LogP contribution is 2.13. The van der Waals surface area contributed by atoms with Crippen molar-refractivity contribution in [1.29, 1.82) is 0 Å². The third-order valence-corrected chi connectivity index (χ3v) is 2.99. The first kappa shape index (κ1) is 13.1. The Kier molecular flexibility index (Phi) is 3.80. The van der Waals surface area contributed by atoms with Gasteiger partial charge in [-0.1, -0.05) is 12.1 Å². The van der Waals surface area contributed by atoms with Crippen molar-refractivity contribution in [2.75, 3.05) is 0 Å². The van der Waals surface area contributed by atoms with Crippen molar-refractivity contribution in [2.45, 2.75) is 20.4 Å². The van der Waals surface area contributed by atoms with Crippen molar-refractivity contribution in [1.82, 2.24) is 9.78 Å². The predicted molar refractivity (Wildman–Crippen MR) is 74.1 cm³/mol. The average molecular weight is 256 g/mol. The van der Waals surface area contributed by atoms with E-state index in [2.05, 4.69) is 5.10 Å². The largest absolute Gasteiger partial charge is 0.508 e. The fourth-order valence-electron chi connectivity index (χ4n) is 1.86. The van der Waals surface area contributed by atoms with Crippen molar-refractivity contribution in [3.05, 3.63) is 53.4 Å². The molecule has 0 atom stereocenters. The van der Waals surface area contributed by atoms with E-state index in [0.29, 0.717) is 5.56 Å². The number of carbonyl (C=O) groups is 1. The van der Waals surface area contributed by atoms with Gasteiger partial charge in [0, 0.05) is 23.4 Å². The molecular weight excluding hydrogens is 240 g/mol. The first-order valence-electron chi connectivity index (χ1n) is 6.15. The third kappa shape index (κ3) is 2.91. The van der Waals surface area contributed by atoms with Crippen LogP contribution in [0.4, 0.5) is 0 Å². The quantitative estimate of drug-likeness (QED) is 0.676. The number of nitrogens with zero attached hydrogens (tertiary/aromatic N) is 2. The first-order chi connectivity index (χ1) is 9.11. The molecule has 0 saturated heterocycles. The van der Waals surface area contributed by atoms with Crippen LogP contribution in [0, 0.1) is 6.92 Å². The van der Waals surface area contributed by atoms with Crippen LogP contribution in [-0.4, -0.2) is 20.7 Å². The van der Waals surface area contributed by atoms with Gasteiger partial charge in [0.1, 0.15) is 5.75 Å². The number of hydrogen-bond donors (Lipinski definition) is 1. The van der Waals surface area contributed by atoms with Crippen molar-refractivity contribution in [2.24, 2.45) is 0 Å². The van der Waals surface area contributed by atoms with Crippen LogP contribution in [0.1, 0.15) is 28.5 Å². The number of aryl methyl sites for hydroxylation is 1. The smallest absolute Gasteiger partial charge is 0.185 e. The Morgan fingerprint density at radius 3 is 2.89 bits per heavy atom. The lowest BCUT2D eigenvalue weighted by molar-refractivity contribution is 0.104. The molecule has 0 unspecified atom stereocenters. The molecule has 0 bridgehead atoms. The van der Waals surface area contributed by atoms with Crippen LogP contribution in [0.25, 0.3) is 6.08 Å². The van der Waals surface area contributed by atoms with Crippen LogP contribution in [0.3, 0.4) is 0 Å². The molecule has 0 fully saturated rings. The van der Waals surface area contributed by atoms with Gasteiger partial charge in [-0.2, -0.15) is 5.10 Å². The van der Waals surface area contributed by atoms with Crippen molar-refractivity contribution >= 4 is 11.9 Å². The van der Waals surface area contributed by atoms with Gasteiger partial charge in [0.15, 0.2) is 5.78 Å². The standard InChI is InChI=1S/C15H16N2O2/c1-3-17-11(2)13(10-16-17)7-8-15(19)12-5-4-6-14(18)9-12/h4-10,18H,3H2,1-2H3/b8-7-. The molecule has 0 aliphatic rings. The zero-order chi connectivity index (χ0) is 13.8. The summed E-state index contributed by atoms with van der Waals surface area (Å²) in [5.74, 6) is -0.0474. The SMILES string of the molecule is CCn1ncc(/C=C\C(=O)c2cccc(O)c2)c1C. The summed E-state index contributed by atoms with van der Waals surface area (Å²) in [5, 5.41) is 13.6. The number of hydrogen-bond acceptors (Lipinski definition) is 3. The summed E-state index contributed by atoms with van der Waals surface area (Å²) in [7, 11) is 0. The van der Waals surface area contributed by atoms with Gasteiger partial charge < -0.3 is 5.11 Å². The topological polar surface area (TPSA) is 55.1 Å². The van der Waals surface area contributed by atoms with Gasteiger partial charge in [0.2, 0.25) is 0 Å². The van der Waals surface area contributed by atoms with Gasteiger partial charge >= 0.3 is 0 Å². The minimum absolute atomic E-state index is 0.0919. The molecule has 2 aromatic rings. The molecule has 1 heterocycles. The number of phenols is 1. The van der Waals surface area contributed by atoms with Gasteiger partial charge in [0.05, 0.1) is 6.20 Å². The van der Waals surface area contributed by atoms with E-state index in [9.17, 15) is 9.90 Å².